The van der Waals surface area contributed by atoms with Gasteiger partial charge in [0.15, 0.2) is 0 Å². The van der Waals surface area contributed by atoms with Crippen LogP contribution in [0.25, 0.3) is 0 Å². The molecule has 1 N–H and O–H groups in total. The predicted octanol–water partition coefficient (Wildman–Crippen LogP) is 1.21. The monoisotopic (exact) mass is 265 g/mol. The van der Waals surface area contributed by atoms with E-state index in [0.717, 1.165) is 11.3 Å². The number of benzene rings is 1. The first-order chi connectivity index (χ1) is 8.49. The summed E-state index contributed by atoms with van der Waals surface area (Å²) in [6.07, 6.45) is 1.63. The lowest BCUT2D eigenvalue weighted by molar-refractivity contribution is 0.577. The zero-order chi connectivity index (χ0) is 13.2. The van der Waals surface area contributed by atoms with E-state index in [2.05, 4.69) is 9.82 Å². The number of aryl methyl sites for hydroxylation is 2. The molecule has 0 atom stereocenters. The second-order valence-electron chi connectivity index (χ2n) is 4.08. The molecular weight excluding hydrogens is 250 g/mol. The molecule has 0 aliphatic carbocycles. The SMILES string of the molecule is Cc1ccc(S(=O)(=O)NCc2ccnn2C)cc1. The molecule has 1 aromatic heterocycles. The summed E-state index contributed by atoms with van der Waals surface area (Å²) in [5.41, 5.74) is 1.84. The molecule has 1 aromatic carbocycles. The second-order valence-corrected chi connectivity index (χ2v) is 5.85. The minimum Gasteiger partial charge on any atom is -0.271 e. The molecule has 2 rings (SSSR count). The third-order valence-electron chi connectivity index (χ3n) is 2.70. The molecule has 0 aliphatic rings. The molecule has 0 fully saturated rings. The van der Waals surface area contributed by atoms with Crippen LogP contribution in [0, 0.1) is 6.92 Å². The Kier molecular flexibility index (Phi) is 3.49. The van der Waals surface area contributed by atoms with Gasteiger partial charge in [-0.1, -0.05) is 17.7 Å². The van der Waals surface area contributed by atoms with Crippen LogP contribution in [0.3, 0.4) is 0 Å². The fourth-order valence-corrected chi connectivity index (χ4v) is 2.54. The van der Waals surface area contributed by atoms with Gasteiger partial charge in [0.2, 0.25) is 10.0 Å². The largest absolute Gasteiger partial charge is 0.271 e. The third-order valence-corrected chi connectivity index (χ3v) is 4.11. The average Bonchev–Trinajstić information content (AvgIpc) is 2.73. The Morgan fingerprint density at radius 1 is 1.22 bits per heavy atom. The van der Waals surface area contributed by atoms with E-state index in [1.807, 2.05) is 6.92 Å². The number of rotatable bonds is 4. The highest BCUT2D eigenvalue weighted by molar-refractivity contribution is 7.89. The first-order valence-electron chi connectivity index (χ1n) is 5.52. The van der Waals surface area contributed by atoms with E-state index >= 15 is 0 Å². The fourth-order valence-electron chi connectivity index (χ4n) is 1.54. The van der Waals surface area contributed by atoms with Crippen molar-refractivity contribution < 1.29 is 8.42 Å². The van der Waals surface area contributed by atoms with Crippen molar-refractivity contribution in [3.63, 3.8) is 0 Å². The van der Waals surface area contributed by atoms with Crippen molar-refractivity contribution in [2.24, 2.45) is 7.05 Å². The Balaban J connectivity index is 2.13. The Bertz CT molecular complexity index is 630. The molecule has 0 radical (unpaired) electrons. The molecule has 0 amide bonds. The number of hydrogen-bond donors (Lipinski definition) is 1. The Labute approximate surface area is 107 Å². The summed E-state index contributed by atoms with van der Waals surface area (Å²) in [5, 5.41) is 3.98. The Hall–Kier alpha value is -1.66. The summed E-state index contributed by atoms with van der Waals surface area (Å²) in [5.74, 6) is 0. The van der Waals surface area contributed by atoms with E-state index in [1.165, 1.54) is 0 Å². The van der Waals surface area contributed by atoms with Crippen LogP contribution in [0.1, 0.15) is 11.3 Å². The lowest BCUT2D eigenvalue weighted by atomic mass is 10.2. The van der Waals surface area contributed by atoms with E-state index in [4.69, 9.17) is 0 Å². The van der Waals surface area contributed by atoms with Crippen LogP contribution in [0.5, 0.6) is 0 Å². The molecule has 0 unspecified atom stereocenters. The highest BCUT2D eigenvalue weighted by Gasteiger charge is 2.13. The fraction of sp³-hybridized carbons (Fsp3) is 0.250. The van der Waals surface area contributed by atoms with E-state index in [-0.39, 0.29) is 11.4 Å². The van der Waals surface area contributed by atoms with Gasteiger partial charge in [-0.2, -0.15) is 5.10 Å². The molecule has 0 bridgehead atoms. The molecule has 0 aliphatic heterocycles. The highest BCUT2D eigenvalue weighted by Crippen LogP contribution is 2.10. The maximum absolute atomic E-state index is 12.0. The van der Waals surface area contributed by atoms with Gasteiger partial charge >= 0.3 is 0 Å². The van der Waals surface area contributed by atoms with Gasteiger partial charge in [0.1, 0.15) is 0 Å². The lowest BCUT2D eigenvalue weighted by Gasteiger charge is -2.07. The zero-order valence-corrected chi connectivity index (χ0v) is 11.1. The van der Waals surface area contributed by atoms with Crippen molar-refractivity contribution in [1.82, 2.24) is 14.5 Å². The van der Waals surface area contributed by atoms with Gasteiger partial charge in [0, 0.05) is 13.2 Å². The molecule has 1 heterocycles. The van der Waals surface area contributed by atoms with E-state index < -0.39 is 10.0 Å². The average molecular weight is 265 g/mol. The van der Waals surface area contributed by atoms with E-state index in [0.29, 0.717) is 0 Å². The molecule has 0 saturated heterocycles. The molecule has 6 heteroatoms. The van der Waals surface area contributed by atoms with E-state index in [1.54, 1.807) is 48.3 Å². The number of sulfonamides is 1. The molecule has 0 spiro atoms. The summed E-state index contributed by atoms with van der Waals surface area (Å²) in [7, 11) is -1.69. The number of hydrogen-bond acceptors (Lipinski definition) is 3. The van der Waals surface area contributed by atoms with Crippen LogP contribution in [0.15, 0.2) is 41.4 Å². The number of aromatic nitrogens is 2. The van der Waals surface area contributed by atoms with Crippen molar-refractivity contribution in [1.29, 1.82) is 0 Å². The highest BCUT2D eigenvalue weighted by atomic mass is 32.2. The zero-order valence-electron chi connectivity index (χ0n) is 10.3. The standard InChI is InChI=1S/C12H15N3O2S/c1-10-3-5-12(6-4-10)18(16,17)14-9-11-7-8-13-15(11)2/h3-8,14H,9H2,1-2H3. The summed E-state index contributed by atoms with van der Waals surface area (Å²) in [6, 6.07) is 8.52. The third kappa shape index (κ3) is 2.77. The van der Waals surface area contributed by atoms with Crippen LogP contribution in [0.4, 0.5) is 0 Å². The first kappa shape index (κ1) is 12.8. The minimum atomic E-state index is -3.46. The maximum Gasteiger partial charge on any atom is 0.240 e. The van der Waals surface area contributed by atoms with Gasteiger partial charge in [-0.15, -0.1) is 0 Å². The summed E-state index contributed by atoms with van der Waals surface area (Å²) >= 11 is 0. The lowest BCUT2D eigenvalue weighted by Crippen LogP contribution is -2.24. The molecule has 0 saturated carbocycles. The van der Waals surface area contributed by atoms with Crippen molar-refractivity contribution in [3.8, 4) is 0 Å². The summed E-state index contributed by atoms with van der Waals surface area (Å²) in [4.78, 5) is 0.273. The van der Waals surface area contributed by atoms with Crippen molar-refractivity contribution >= 4 is 10.0 Å². The Morgan fingerprint density at radius 2 is 1.89 bits per heavy atom. The van der Waals surface area contributed by atoms with Crippen LogP contribution in [-0.2, 0) is 23.6 Å². The van der Waals surface area contributed by atoms with Gasteiger partial charge in [-0.25, -0.2) is 13.1 Å². The molecule has 5 nitrogen and oxygen atoms in total. The summed E-state index contributed by atoms with van der Waals surface area (Å²) < 4.78 is 28.2. The van der Waals surface area contributed by atoms with Crippen molar-refractivity contribution in [2.75, 3.05) is 0 Å². The van der Waals surface area contributed by atoms with Crippen molar-refractivity contribution in [3.05, 3.63) is 47.8 Å². The van der Waals surface area contributed by atoms with Crippen LogP contribution in [-0.4, -0.2) is 18.2 Å². The molecule has 18 heavy (non-hydrogen) atoms. The molecular formula is C12H15N3O2S. The maximum atomic E-state index is 12.0. The van der Waals surface area contributed by atoms with Gasteiger partial charge in [-0.3, -0.25) is 4.68 Å². The first-order valence-corrected chi connectivity index (χ1v) is 7.00. The quantitative estimate of drug-likeness (QED) is 0.903. The van der Waals surface area contributed by atoms with Gasteiger partial charge in [-0.05, 0) is 25.1 Å². The van der Waals surface area contributed by atoms with Gasteiger partial charge < -0.3 is 0 Å². The number of nitrogens with zero attached hydrogens (tertiary/aromatic N) is 2. The molecule has 2 aromatic rings. The van der Waals surface area contributed by atoms with Crippen LogP contribution < -0.4 is 4.72 Å². The normalized spacial score (nSPS) is 11.7. The molecule has 96 valence electrons. The van der Waals surface area contributed by atoms with Crippen LogP contribution in [0.2, 0.25) is 0 Å². The number of nitrogens with one attached hydrogen (secondary N) is 1. The summed E-state index contributed by atoms with van der Waals surface area (Å²) in [6.45, 7) is 2.15. The Morgan fingerprint density at radius 3 is 2.44 bits per heavy atom. The van der Waals surface area contributed by atoms with Crippen molar-refractivity contribution in [2.45, 2.75) is 18.4 Å². The van der Waals surface area contributed by atoms with E-state index in [9.17, 15) is 8.42 Å². The second kappa shape index (κ2) is 4.91. The van der Waals surface area contributed by atoms with Gasteiger partial charge in [0.25, 0.3) is 0 Å². The van der Waals surface area contributed by atoms with Crippen LogP contribution >= 0.6 is 0 Å². The topological polar surface area (TPSA) is 64.0 Å². The smallest absolute Gasteiger partial charge is 0.240 e. The predicted molar refractivity (Wildman–Crippen MR) is 68.4 cm³/mol. The minimum absolute atomic E-state index is 0.229. The van der Waals surface area contributed by atoms with Gasteiger partial charge in [0.05, 0.1) is 17.1 Å².